The quantitative estimate of drug-likeness (QED) is 0.826. The van der Waals surface area contributed by atoms with E-state index in [9.17, 15) is 0 Å². The molecule has 152 valence electrons. The van der Waals surface area contributed by atoms with Crippen LogP contribution in [0.4, 0.5) is 17.2 Å². The molecule has 0 bridgehead atoms. The van der Waals surface area contributed by atoms with Crippen molar-refractivity contribution in [2.24, 2.45) is 0 Å². The molecule has 5 heterocycles. The third-order valence-corrected chi connectivity index (χ3v) is 6.67. The van der Waals surface area contributed by atoms with Crippen LogP contribution < -0.4 is 20.3 Å². The summed E-state index contributed by atoms with van der Waals surface area (Å²) in [4.78, 5) is 9.59. The van der Waals surface area contributed by atoms with Crippen LogP contribution in [0.15, 0.2) is 30.5 Å². The lowest BCUT2D eigenvalue weighted by Gasteiger charge is -2.48. The minimum absolute atomic E-state index is 0.529. The van der Waals surface area contributed by atoms with Crippen LogP contribution in [-0.2, 0) is 11.3 Å². The smallest absolute Gasteiger partial charge is 0.143 e. The van der Waals surface area contributed by atoms with Gasteiger partial charge >= 0.3 is 0 Å². The molecule has 7 nitrogen and oxygen atoms in total. The number of morpholine rings is 1. The molecule has 3 saturated heterocycles. The van der Waals surface area contributed by atoms with Crippen LogP contribution >= 0.6 is 0 Å². The van der Waals surface area contributed by atoms with Crippen LogP contribution in [0.2, 0.25) is 0 Å². The second-order valence-electron chi connectivity index (χ2n) is 8.39. The normalized spacial score (nSPS) is 22.4. The van der Waals surface area contributed by atoms with Gasteiger partial charge in [-0.3, -0.25) is 4.90 Å². The Balaban J connectivity index is 1.24. The Kier molecular flexibility index (Phi) is 4.32. The fourth-order valence-electron chi connectivity index (χ4n) is 4.69. The number of ether oxygens (including phenoxy) is 2. The molecule has 3 fully saturated rings. The first-order chi connectivity index (χ1) is 14.3. The maximum absolute atomic E-state index is 6.20. The van der Waals surface area contributed by atoms with Crippen molar-refractivity contribution in [2.45, 2.75) is 18.6 Å². The second-order valence-corrected chi connectivity index (χ2v) is 8.39. The van der Waals surface area contributed by atoms with Gasteiger partial charge in [0.25, 0.3) is 0 Å². The lowest BCUT2D eigenvalue weighted by atomic mass is 9.88. The fraction of sp³-hybridized carbons (Fsp3) is 0.500. The number of likely N-dealkylation sites (tertiary alicyclic amines) is 1. The predicted octanol–water partition coefficient (Wildman–Crippen LogP) is 1.93. The van der Waals surface area contributed by atoms with Crippen LogP contribution in [0.3, 0.4) is 0 Å². The summed E-state index contributed by atoms with van der Waals surface area (Å²) in [6.45, 7) is 8.46. The van der Waals surface area contributed by atoms with Crippen molar-refractivity contribution in [3.63, 3.8) is 0 Å². The summed E-state index contributed by atoms with van der Waals surface area (Å²) in [6, 6.07) is 9.44. The summed E-state index contributed by atoms with van der Waals surface area (Å²) in [6.07, 6.45) is 1.89. The number of pyridine rings is 1. The molecular weight excluding hydrogens is 366 g/mol. The van der Waals surface area contributed by atoms with Gasteiger partial charge in [0.15, 0.2) is 0 Å². The van der Waals surface area contributed by atoms with E-state index in [1.807, 2.05) is 6.20 Å². The third kappa shape index (κ3) is 3.13. The summed E-state index contributed by atoms with van der Waals surface area (Å²) in [7, 11) is 0. The first-order valence-corrected chi connectivity index (χ1v) is 10.6. The van der Waals surface area contributed by atoms with Crippen LogP contribution in [-0.4, -0.2) is 68.4 Å². The first kappa shape index (κ1) is 17.5. The average Bonchev–Trinajstić information content (AvgIpc) is 2.88. The molecule has 29 heavy (non-hydrogen) atoms. The van der Waals surface area contributed by atoms with E-state index < -0.39 is 0 Å². The Hall–Kier alpha value is -2.35. The molecule has 0 saturated carbocycles. The van der Waals surface area contributed by atoms with Crippen LogP contribution in [0.25, 0.3) is 0 Å². The average molecular weight is 393 g/mol. The van der Waals surface area contributed by atoms with Crippen molar-refractivity contribution >= 4 is 17.2 Å². The van der Waals surface area contributed by atoms with E-state index in [1.165, 1.54) is 11.3 Å². The monoisotopic (exact) mass is 393 g/mol. The maximum atomic E-state index is 6.20. The highest BCUT2D eigenvalue weighted by Gasteiger charge is 2.36. The molecule has 0 spiro atoms. The Bertz CT molecular complexity index is 904. The summed E-state index contributed by atoms with van der Waals surface area (Å²) in [5, 5.41) is 6.93. The number of nitrogens with zero attached hydrogens (tertiary/aromatic N) is 3. The molecule has 6 rings (SSSR count). The van der Waals surface area contributed by atoms with E-state index in [1.54, 1.807) is 0 Å². The molecule has 1 aromatic carbocycles. The van der Waals surface area contributed by atoms with Crippen molar-refractivity contribution in [1.29, 1.82) is 0 Å². The maximum Gasteiger partial charge on any atom is 0.143 e. The number of nitrogens with one attached hydrogen (secondary N) is 2. The Morgan fingerprint density at radius 1 is 1.07 bits per heavy atom. The predicted molar refractivity (Wildman–Crippen MR) is 112 cm³/mol. The highest BCUT2D eigenvalue weighted by Crippen LogP contribution is 2.39. The van der Waals surface area contributed by atoms with Crippen molar-refractivity contribution in [1.82, 2.24) is 15.2 Å². The largest absolute Gasteiger partial charge is 0.487 e. The number of hydrogen-bond donors (Lipinski definition) is 2. The lowest BCUT2D eigenvalue weighted by molar-refractivity contribution is 0.0613. The van der Waals surface area contributed by atoms with Gasteiger partial charge in [0.05, 0.1) is 24.5 Å². The fourth-order valence-corrected chi connectivity index (χ4v) is 4.69. The van der Waals surface area contributed by atoms with Gasteiger partial charge in [0.1, 0.15) is 18.2 Å². The summed E-state index contributed by atoms with van der Waals surface area (Å²) < 4.78 is 11.7. The molecule has 7 heteroatoms. The zero-order valence-electron chi connectivity index (χ0n) is 16.6. The summed E-state index contributed by atoms with van der Waals surface area (Å²) in [5.41, 5.74) is 4.73. The highest BCUT2D eigenvalue weighted by molar-refractivity contribution is 5.73. The number of benzene rings is 1. The molecule has 4 aliphatic rings. The number of anilines is 3. The van der Waals surface area contributed by atoms with Gasteiger partial charge in [-0.1, -0.05) is 6.07 Å². The minimum atomic E-state index is 0.529. The van der Waals surface area contributed by atoms with Gasteiger partial charge in [-0.05, 0) is 23.8 Å². The first-order valence-electron chi connectivity index (χ1n) is 10.6. The third-order valence-electron chi connectivity index (χ3n) is 6.67. The lowest BCUT2D eigenvalue weighted by Crippen LogP contribution is -2.63. The number of rotatable bonds is 3. The molecule has 0 radical (unpaired) electrons. The number of hydrogen-bond acceptors (Lipinski definition) is 7. The van der Waals surface area contributed by atoms with E-state index in [2.05, 4.69) is 49.7 Å². The van der Waals surface area contributed by atoms with Crippen LogP contribution in [0, 0.1) is 0 Å². The molecule has 0 amide bonds. The van der Waals surface area contributed by atoms with Crippen molar-refractivity contribution in [3.05, 3.63) is 41.6 Å². The molecule has 0 aliphatic carbocycles. The molecule has 2 N–H and O–H groups in total. The Morgan fingerprint density at radius 3 is 2.72 bits per heavy atom. The minimum Gasteiger partial charge on any atom is -0.487 e. The van der Waals surface area contributed by atoms with Gasteiger partial charge in [-0.15, -0.1) is 0 Å². The molecule has 0 unspecified atom stereocenters. The van der Waals surface area contributed by atoms with Crippen LogP contribution in [0.5, 0.6) is 5.75 Å². The van der Waals surface area contributed by atoms with Gasteiger partial charge in [-0.25, -0.2) is 4.98 Å². The van der Waals surface area contributed by atoms with Crippen LogP contribution in [0.1, 0.15) is 17.0 Å². The highest BCUT2D eigenvalue weighted by atomic mass is 16.5. The topological polar surface area (TPSA) is 61.9 Å². The number of aromatic nitrogens is 1. The summed E-state index contributed by atoms with van der Waals surface area (Å²) >= 11 is 0. The van der Waals surface area contributed by atoms with Crippen molar-refractivity contribution in [2.75, 3.05) is 62.7 Å². The summed E-state index contributed by atoms with van der Waals surface area (Å²) in [5.74, 6) is 2.41. The van der Waals surface area contributed by atoms with Gasteiger partial charge in [0, 0.05) is 63.1 Å². The van der Waals surface area contributed by atoms with Gasteiger partial charge < -0.3 is 25.0 Å². The van der Waals surface area contributed by atoms with Crippen molar-refractivity contribution < 1.29 is 9.47 Å². The Morgan fingerprint density at radius 2 is 1.93 bits per heavy atom. The second kappa shape index (κ2) is 7.16. The molecule has 4 aliphatic heterocycles. The Labute approximate surface area is 171 Å². The van der Waals surface area contributed by atoms with E-state index in [-0.39, 0.29) is 0 Å². The number of fused-ring (bicyclic) bond motifs is 2. The SMILES string of the molecule is c1cc(N2CCOCC2)c2c(n1)Nc1cc(C3CN(C4CNC4)C3)ccc1OC2. The van der Waals surface area contributed by atoms with E-state index >= 15 is 0 Å². The standard InChI is InChI=1S/C22H27N5O2/c1-2-21-19(9-15(1)16-12-27(13-16)17-10-23-11-17)25-22-18(14-29-21)20(3-4-24-22)26-5-7-28-8-6-26/h1-4,9,16-17,23H,5-8,10-14H2,(H,24,25). The van der Waals surface area contributed by atoms with E-state index in [4.69, 9.17) is 9.47 Å². The molecular formula is C22H27N5O2. The van der Waals surface area contributed by atoms with E-state index in [0.29, 0.717) is 12.5 Å². The van der Waals surface area contributed by atoms with Crippen molar-refractivity contribution in [3.8, 4) is 5.75 Å². The molecule has 1 aromatic heterocycles. The zero-order chi connectivity index (χ0) is 19.2. The van der Waals surface area contributed by atoms with Gasteiger partial charge in [0.2, 0.25) is 0 Å². The van der Waals surface area contributed by atoms with Gasteiger partial charge in [-0.2, -0.15) is 0 Å². The molecule has 0 atom stereocenters. The van der Waals surface area contributed by atoms with E-state index in [0.717, 1.165) is 81.3 Å². The molecule has 2 aromatic rings. The zero-order valence-corrected chi connectivity index (χ0v) is 16.6.